The molecule has 5 rings (SSSR count). The zero-order valence-electron chi connectivity index (χ0n) is 25.0. The van der Waals surface area contributed by atoms with Crippen LogP contribution in [0.15, 0.2) is 79.3 Å². The van der Waals surface area contributed by atoms with E-state index in [9.17, 15) is 9.59 Å². The summed E-state index contributed by atoms with van der Waals surface area (Å²) in [5.41, 5.74) is 5.29. The second-order valence-electron chi connectivity index (χ2n) is 11.6. The fraction of sp³-hybridized carbons (Fsp3) is 0.303. The highest BCUT2D eigenvalue weighted by atomic mass is 16.6. The molecule has 2 amide bonds. The van der Waals surface area contributed by atoms with Crippen LogP contribution in [-0.2, 0) is 11.3 Å². The maximum Gasteiger partial charge on any atom is 0.410 e. The molecule has 3 heterocycles. The van der Waals surface area contributed by atoms with Crippen molar-refractivity contribution >= 4 is 29.3 Å². The van der Waals surface area contributed by atoms with Gasteiger partial charge in [0.1, 0.15) is 5.60 Å². The number of ether oxygens (including phenoxy) is 1. The third kappa shape index (κ3) is 8.14. The number of carbonyl (C=O) groups is 2. The molecule has 0 saturated carbocycles. The number of aromatic nitrogens is 3. The fourth-order valence-electron chi connectivity index (χ4n) is 4.69. The molecule has 1 aliphatic heterocycles. The number of benzene rings is 2. The van der Waals surface area contributed by atoms with Gasteiger partial charge in [-0.2, -0.15) is 0 Å². The average Bonchev–Trinajstić information content (AvgIpc) is 2.99. The highest BCUT2D eigenvalue weighted by Gasteiger charge is 2.25. The third-order valence-corrected chi connectivity index (χ3v) is 7.00. The van der Waals surface area contributed by atoms with E-state index < -0.39 is 5.60 Å². The molecule has 222 valence electrons. The molecule has 0 radical (unpaired) electrons. The number of aryl methyl sites for hydroxylation is 1. The van der Waals surface area contributed by atoms with Crippen molar-refractivity contribution in [2.24, 2.45) is 0 Å². The van der Waals surface area contributed by atoms with Crippen LogP contribution >= 0.6 is 0 Å². The van der Waals surface area contributed by atoms with Crippen molar-refractivity contribution in [2.75, 3.05) is 36.8 Å². The Morgan fingerprint density at radius 2 is 1.77 bits per heavy atom. The van der Waals surface area contributed by atoms with Gasteiger partial charge < -0.3 is 20.3 Å². The minimum atomic E-state index is -0.497. The largest absolute Gasteiger partial charge is 0.444 e. The Labute approximate surface area is 252 Å². The molecule has 10 heteroatoms. The van der Waals surface area contributed by atoms with Gasteiger partial charge in [-0.05, 0) is 81.3 Å². The highest BCUT2D eigenvalue weighted by Crippen LogP contribution is 2.25. The van der Waals surface area contributed by atoms with E-state index in [1.165, 1.54) is 0 Å². The molecule has 1 fully saturated rings. The molecule has 43 heavy (non-hydrogen) atoms. The third-order valence-electron chi connectivity index (χ3n) is 7.00. The van der Waals surface area contributed by atoms with Gasteiger partial charge in [-0.3, -0.25) is 14.7 Å². The van der Waals surface area contributed by atoms with Crippen LogP contribution in [-0.4, -0.2) is 68.5 Å². The number of hydrogen-bond donors (Lipinski definition) is 2. The van der Waals surface area contributed by atoms with Gasteiger partial charge in [0.2, 0.25) is 5.95 Å². The second kappa shape index (κ2) is 13.0. The predicted octanol–water partition coefficient (Wildman–Crippen LogP) is 5.90. The molecule has 0 bridgehead atoms. The van der Waals surface area contributed by atoms with Gasteiger partial charge in [-0.15, -0.1) is 0 Å². The quantitative estimate of drug-likeness (QED) is 0.278. The number of pyridine rings is 1. The van der Waals surface area contributed by atoms with E-state index in [-0.39, 0.29) is 12.0 Å². The van der Waals surface area contributed by atoms with Crippen molar-refractivity contribution in [1.82, 2.24) is 24.8 Å². The van der Waals surface area contributed by atoms with Gasteiger partial charge >= 0.3 is 6.09 Å². The molecule has 0 unspecified atom stereocenters. The summed E-state index contributed by atoms with van der Waals surface area (Å²) >= 11 is 0. The zero-order chi connectivity index (χ0) is 30.4. The maximum atomic E-state index is 13.0. The first-order chi connectivity index (χ1) is 20.6. The molecule has 10 nitrogen and oxygen atoms in total. The summed E-state index contributed by atoms with van der Waals surface area (Å²) in [4.78, 5) is 42.6. The minimum Gasteiger partial charge on any atom is -0.444 e. The van der Waals surface area contributed by atoms with E-state index in [1.54, 1.807) is 23.5 Å². The van der Waals surface area contributed by atoms with Crippen LogP contribution in [0.25, 0.3) is 11.3 Å². The van der Waals surface area contributed by atoms with Crippen molar-refractivity contribution in [2.45, 2.75) is 39.8 Å². The number of nitrogens with one attached hydrogen (secondary N) is 2. The smallest absolute Gasteiger partial charge is 0.410 e. The average molecular weight is 582 g/mol. The highest BCUT2D eigenvalue weighted by molar-refractivity contribution is 6.04. The van der Waals surface area contributed by atoms with Crippen LogP contribution in [0.2, 0.25) is 0 Å². The van der Waals surface area contributed by atoms with E-state index >= 15 is 0 Å². The van der Waals surface area contributed by atoms with Gasteiger partial charge in [0, 0.05) is 73.8 Å². The van der Waals surface area contributed by atoms with Crippen molar-refractivity contribution in [3.63, 3.8) is 0 Å². The molecule has 0 spiro atoms. The van der Waals surface area contributed by atoms with Gasteiger partial charge in [-0.1, -0.05) is 18.2 Å². The minimum absolute atomic E-state index is 0.192. The molecule has 2 N–H and O–H groups in total. The standard InChI is InChI=1S/C33H37N7O3/c1-23-7-12-27(20-29(23)38-31-35-15-13-28(37-31)26-6-5-14-34-21-26)36-30(41)25-10-8-24(9-11-25)22-39-16-18-40(19-17-39)32(42)43-33(2,3)4/h5-15,20-21H,16-19,22H2,1-4H3,(H,36,41)(H,35,37,38)/i27+2. The Balaban J connectivity index is 1.16. The molecule has 4 aromatic rings. The number of piperazine rings is 1. The predicted molar refractivity (Wildman–Crippen MR) is 167 cm³/mol. The van der Waals surface area contributed by atoms with Crippen molar-refractivity contribution in [3.05, 3.63) is 95.9 Å². The summed E-state index contributed by atoms with van der Waals surface area (Å²) in [5, 5.41) is 6.27. The van der Waals surface area contributed by atoms with Gasteiger partial charge in [0.15, 0.2) is 0 Å². The van der Waals surface area contributed by atoms with Gasteiger partial charge in [0.05, 0.1) is 5.69 Å². The van der Waals surface area contributed by atoms with Crippen LogP contribution in [0.3, 0.4) is 0 Å². The molecular weight excluding hydrogens is 544 g/mol. The van der Waals surface area contributed by atoms with E-state index in [0.29, 0.717) is 30.3 Å². The van der Waals surface area contributed by atoms with Crippen LogP contribution in [0, 0.1) is 6.92 Å². The molecule has 1 saturated heterocycles. The van der Waals surface area contributed by atoms with Crippen molar-refractivity contribution in [1.29, 1.82) is 0 Å². The van der Waals surface area contributed by atoms with E-state index in [4.69, 9.17) is 4.74 Å². The Hall–Kier alpha value is -4.83. The van der Waals surface area contributed by atoms with Crippen molar-refractivity contribution in [3.8, 4) is 11.3 Å². The Morgan fingerprint density at radius 1 is 1.00 bits per heavy atom. The molecule has 0 aliphatic carbocycles. The van der Waals surface area contributed by atoms with Gasteiger partial charge in [0.25, 0.3) is 5.91 Å². The lowest BCUT2D eigenvalue weighted by atomic mass is 10.1. The normalized spacial score (nSPS) is 13.8. The first-order valence-corrected chi connectivity index (χ1v) is 14.3. The Bertz CT molecular complexity index is 1560. The molecular formula is C33H37N7O3. The topological polar surface area (TPSA) is 113 Å². The van der Waals surface area contributed by atoms with Gasteiger partial charge in [-0.25, -0.2) is 14.8 Å². The first kappa shape index (κ1) is 29.7. The summed E-state index contributed by atoms with van der Waals surface area (Å²) < 4.78 is 5.49. The summed E-state index contributed by atoms with van der Waals surface area (Å²) in [7, 11) is 0. The number of nitrogens with zero attached hydrogens (tertiary/aromatic N) is 5. The molecule has 2 aromatic carbocycles. The summed E-state index contributed by atoms with van der Waals surface area (Å²) in [6.07, 6.45) is 4.92. The molecule has 0 atom stereocenters. The number of carbonyl (C=O) groups excluding carboxylic acids is 2. The summed E-state index contributed by atoms with van der Waals surface area (Å²) in [6, 6.07) is 19.0. The van der Waals surface area contributed by atoms with Crippen LogP contribution in [0.1, 0.15) is 42.3 Å². The Kier molecular flexibility index (Phi) is 8.96. The molecule has 2 aromatic heterocycles. The van der Waals surface area contributed by atoms with Crippen LogP contribution < -0.4 is 10.6 Å². The second-order valence-corrected chi connectivity index (χ2v) is 11.6. The summed E-state index contributed by atoms with van der Waals surface area (Å²) in [5.74, 6) is 0.261. The first-order valence-electron chi connectivity index (χ1n) is 14.3. The fourth-order valence-corrected chi connectivity index (χ4v) is 4.69. The maximum absolute atomic E-state index is 13.0. The number of amides is 2. The molecule has 1 aliphatic rings. The monoisotopic (exact) mass is 581 g/mol. The lowest BCUT2D eigenvalue weighted by Gasteiger charge is -2.35. The zero-order valence-corrected chi connectivity index (χ0v) is 25.0. The van der Waals surface area contributed by atoms with E-state index in [2.05, 4.69) is 30.5 Å². The SMILES string of the molecule is Cc1cc[14c](NC(=O)c2ccc(CN3CCN(C(=O)OC(C)(C)C)CC3)cc2)cc1Nc1nccc(-c2cccnc2)n1. The summed E-state index contributed by atoms with van der Waals surface area (Å²) in [6.45, 7) is 11.2. The van der Waals surface area contributed by atoms with E-state index in [1.807, 2.05) is 88.4 Å². The van der Waals surface area contributed by atoms with Crippen molar-refractivity contribution < 1.29 is 14.3 Å². The van der Waals surface area contributed by atoms with Crippen LogP contribution in [0.5, 0.6) is 0 Å². The number of hydrogen-bond acceptors (Lipinski definition) is 8. The number of rotatable bonds is 7. The Morgan fingerprint density at radius 3 is 2.47 bits per heavy atom. The van der Waals surface area contributed by atoms with Crippen LogP contribution in [0.4, 0.5) is 22.1 Å². The number of anilines is 3. The van der Waals surface area contributed by atoms with E-state index in [0.717, 1.165) is 47.7 Å². The lowest BCUT2D eigenvalue weighted by Crippen LogP contribution is -2.49. The lowest BCUT2D eigenvalue weighted by molar-refractivity contribution is 0.0139.